The minimum absolute atomic E-state index is 1.35. The minimum atomic E-state index is -4.04. The second-order valence-electron chi connectivity index (χ2n) is 3.48. The van der Waals surface area contributed by atoms with Gasteiger partial charge >= 0.3 is 40.3 Å². The molecule has 17 heteroatoms. The highest BCUT2D eigenvalue weighted by Gasteiger charge is 2.53. The number of carbonyl (C=O) groups is 2. The zero-order valence-corrected chi connectivity index (χ0v) is 13.3. The first-order chi connectivity index (χ1) is 10.2. The summed E-state index contributed by atoms with van der Waals surface area (Å²) in [5.41, 5.74) is 0. The van der Waals surface area contributed by atoms with Crippen LogP contribution in [0.5, 0.6) is 0 Å². The molecule has 0 aliphatic carbocycles. The Kier molecular flexibility index (Phi) is 9.23. The molecule has 0 aromatic carbocycles. The van der Waals surface area contributed by atoms with Gasteiger partial charge in [0, 0.05) is 0 Å². The summed E-state index contributed by atoms with van der Waals surface area (Å²) >= 11 is 0. The van der Waals surface area contributed by atoms with Crippen molar-refractivity contribution in [2.45, 2.75) is 16.5 Å². The number of hydrogen-bond acceptors (Lipinski definition) is 12. The van der Waals surface area contributed by atoms with Crippen molar-refractivity contribution in [1.29, 1.82) is 0 Å². The Balaban J connectivity index is 0. The third kappa shape index (κ3) is 5.56. The van der Waals surface area contributed by atoms with E-state index in [4.69, 9.17) is 30.6 Å². The Morgan fingerprint density at radius 3 is 1.30 bits per heavy atom. The molecule has 0 fully saturated rings. The lowest BCUT2D eigenvalue weighted by Gasteiger charge is -2.14. The van der Waals surface area contributed by atoms with Gasteiger partial charge in [0.1, 0.15) is 0 Å². The molecule has 14 nitrogen and oxygen atoms in total. The molecule has 0 heterocycles. The van der Waals surface area contributed by atoms with Gasteiger partial charge < -0.3 is 30.6 Å². The lowest BCUT2D eigenvalue weighted by Crippen LogP contribution is -2.42. The van der Waals surface area contributed by atoms with Crippen LogP contribution in [0.15, 0.2) is 0 Å². The maximum absolute atomic E-state index is 10.2. The number of carboxylic acids is 2. The quantitative estimate of drug-likeness (QED) is 0.263. The van der Waals surface area contributed by atoms with Gasteiger partial charge in [-0.3, -0.25) is 0 Å². The average molecular weight is 398 g/mol. The van der Waals surface area contributed by atoms with E-state index in [2.05, 4.69) is 0 Å². The Bertz CT molecular complexity index is 648. The molecule has 3 atom stereocenters. The van der Waals surface area contributed by atoms with E-state index in [9.17, 15) is 37.0 Å². The van der Waals surface area contributed by atoms with Crippen LogP contribution in [0.2, 0.25) is 0 Å². The number of aliphatic hydroxyl groups excluding tert-OH is 2. The third-order valence-electron chi connectivity index (χ3n) is 2.02. The molecular formula is C6H9O14P3. The molecule has 23 heavy (non-hydrogen) atoms. The Morgan fingerprint density at radius 1 is 0.870 bits per heavy atom. The Morgan fingerprint density at radius 2 is 1.26 bits per heavy atom. The first-order valence-electron chi connectivity index (χ1n) is 4.82. The van der Waals surface area contributed by atoms with Crippen molar-refractivity contribution in [2.75, 3.05) is 6.61 Å². The number of aliphatic hydroxyl groups is 4. The summed E-state index contributed by atoms with van der Waals surface area (Å²) in [7, 11) is -11.4. The minimum Gasteiger partial charge on any atom is -0.478 e. The largest absolute Gasteiger partial charge is 0.478 e. The first-order valence-corrected chi connectivity index (χ1v) is 8.42. The van der Waals surface area contributed by atoms with E-state index in [1.165, 1.54) is 0 Å². The normalized spacial score (nSPS) is 16.5. The lowest BCUT2D eigenvalue weighted by molar-refractivity contribution is -0.154. The Hall–Kier alpha value is -1.52. The molecule has 6 N–H and O–H groups in total. The van der Waals surface area contributed by atoms with Gasteiger partial charge in [-0.15, -0.1) is 0 Å². The maximum atomic E-state index is 10.2. The number of hydrogen-bond donors (Lipinski definition) is 6. The number of carboxylic acid groups (broad SMARTS) is 2. The van der Waals surface area contributed by atoms with Gasteiger partial charge in [0.2, 0.25) is 5.85 Å². The van der Waals surface area contributed by atoms with Crippen molar-refractivity contribution in [3.05, 3.63) is 0 Å². The fourth-order valence-corrected chi connectivity index (χ4v) is 2.22. The van der Waals surface area contributed by atoms with Crippen molar-refractivity contribution in [3.8, 4) is 0 Å². The highest BCUT2D eigenvalue weighted by atomic mass is 31.1. The predicted molar refractivity (Wildman–Crippen MR) is 63.1 cm³/mol. The van der Waals surface area contributed by atoms with Gasteiger partial charge in [-0.1, -0.05) is 0 Å². The highest BCUT2D eigenvalue weighted by Crippen LogP contribution is 2.37. The van der Waals surface area contributed by atoms with Crippen LogP contribution in [-0.4, -0.2) is 65.7 Å². The smallest absolute Gasteiger partial charge is 0.363 e. The molecular weight excluding hydrogens is 389 g/mol. The highest BCUT2D eigenvalue weighted by molar-refractivity contribution is 7.38. The van der Waals surface area contributed by atoms with Crippen LogP contribution >= 0.6 is 23.0 Å². The number of aliphatic carboxylic acids is 2. The van der Waals surface area contributed by atoms with Crippen molar-refractivity contribution in [2.24, 2.45) is 0 Å². The molecule has 0 amide bonds. The predicted octanol–water partition coefficient (Wildman–Crippen LogP) is -1.65. The van der Waals surface area contributed by atoms with E-state index in [1.54, 1.807) is 0 Å². The van der Waals surface area contributed by atoms with Gasteiger partial charge in [-0.25, -0.2) is 37.0 Å². The average Bonchev–Trinajstić information content (AvgIpc) is 2.43. The molecule has 0 radical (unpaired) electrons. The van der Waals surface area contributed by atoms with Gasteiger partial charge in [0.15, 0.2) is 0 Å². The first kappa shape index (κ1) is 23.7. The SMILES string of the molecule is O=C(O)C(O)(C(O)P(=O)=O)P(=O)=O.O=C(O)C(O)(CO)P(=O)=O. The molecule has 0 spiro atoms. The standard InChI is InChI=1S/C3H4O8P2.C3H5O6P/c4-1(5)3(7,13(10)11)2(6)12(8)9;4-1-3(7,2(5)6)10(8)9/h2,6-7H,(H,4,5);4,7H,1H2,(H,5,6). The van der Waals surface area contributed by atoms with Crippen LogP contribution in [0, 0.1) is 0 Å². The molecule has 0 saturated heterocycles. The van der Waals surface area contributed by atoms with Crippen molar-refractivity contribution in [1.82, 2.24) is 0 Å². The molecule has 0 aromatic rings. The van der Waals surface area contributed by atoms with Crippen LogP contribution in [0.25, 0.3) is 0 Å². The van der Waals surface area contributed by atoms with E-state index in [-0.39, 0.29) is 0 Å². The summed E-state index contributed by atoms with van der Waals surface area (Å²) in [5.74, 6) is -7.22. The molecule has 0 rings (SSSR count). The summed E-state index contributed by atoms with van der Waals surface area (Å²) in [6.07, 6.45) is 0. The Labute approximate surface area is 126 Å². The van der Waals surface area contributed by atoms with Crippen molar-refractivity contribution < 1.29 is 67.6 Å². The van der Waals surface area contributed by atoms with Crippen LogP contribution in [0.3, 0.4) is 0 Å². The van der Waals surface area contributed by atoms with Crippen molar-refractivity contribution in [3.63, 3.8) is 0 Å². The summed E-state index contributed by atoms with van der Waals surface area (Å²) in [6.45, 7) is -1.35. The van der Waals surface area contributed by atoms with Gasteiger partial charge in [-0.05, 0) is 0 Å². The summed E-state index contributed by atoms with van der Waals surface area (Å²) < 4.78 is 60.4. The van der Waals surface area contributed by atoms with E-state index >= 15 is 0 Å². The topological polar surface area (TPSA) is 258 Å². The number of rotatable bonds is 7. The van der Waals surface area contributed by atoms with Crippen LogP contribution in [0.1, 0.15) is 0 Å². The molecule has 0 bridgehead atoms. The molecule has 0 aliphatic heterocycles. The molecule has 3 unspecified atom stereocenters. The van der Waals surface area contributed by atoms with Crippen LogP contribution in [-0.2, 0) is 37.0 Å². The van der Waals surface area contributed by atoms with E-state index in [0.717, 1.165) is 0 Å². The van der Waals surface area contributed by atoms with E-state index < -0.39 is 58.1 Å². The fourth-order valence-electron chi connectivity index (χ4n) is 0.633. The zero-order chi connectivity index (χ0) is 19.2. The molecule has 0 aliphatic rings. The van der Waals surface area contributed by atoms with Crippen LogP contribution < -0.4 is 0 Å². The fraction of sp³-hybridized carbons (Fsp3) is 0.667. The second kappa shape index (κ2) is 8.94. The van der Waals surface area contributed by atoms with Gasteiger partial charge in [0.05, 0.1) is 6.61 Å². The second-order valence-corrected chi connectivity index (χ2v) is 6.99. The summed E-state index contributed by atoms with van der Waals surface area (Å²) in [6, 6.07) is 0. The van der Waals surface area contributed by atoms with Crippen LogP contribution in [0.4, 0.5) is 0 Å². The maximum Gasteiger partial charge on any atom is 0.363 e. The van der Waals surface area contributed by atoms with E-state index in [0.29, 0.717) is 0 Å². The third-order valence-corrected chi connectivity index (χ3v) is 4.92. The van der Waals surface area contributed by atoms with Crippen molar-refractivity contribution >= 4 is 35.0 Å². The van der Waals surface area contributed by atoms with Gasteiger partial charge in [-0.2, -0.15) is 0 Å². The molecule has 132 valence electrons. The molecule has 0 saturated carbocycles. The zero-order valence-electron chi connectivity index (χ0n) is 10.6. The monoisotopic (exact) mass is 398 g/mol. The summed E-state index contributed by atoms with van der Waals surface area (Å²) in [4.78, 5) is 20.0. The van der Waals surface area contributed by atoms with E-state index in [1.807, 2.05) is 0 Å². The lowest BCUT2D eigenvalue weighted by atomic mass is 10.4. The molecule has 0 aromatic heterocycles. The van der Waals surface area contributed by atoms with Gasteiger partial charge in [0.25, 0.3) is 5.34 Å². The summed E-state index contributed by atoms with van der Waals surface area (Å²) in [5, 5.41) is 43.4.